The molecule has 1 unspecified atom stereocenters. The summed E-state index contributed by atoms with van der Waals surface area (Å²) < 4.78 is 0. The lowest BCUT2D eigenvalue weighted by molar-refractivity contribution is 0.0639. The second-order valence-electron chi connectivity index (χ2n) is 5.24. The van der Waals surface area contributed by atoms with Crippen LogP contribution in [0.25, 0.3) is 0 Å². The number of rotatable bonds is 6. The summed E-state index contributed by atoms with van der Waals surface area (Å²) in [5.41, 5.74) is 1.85. The van der Waals surface area contributed by atoms with Gasteiger partial charge in [-0.2, -0.15) is 0 Å². The monoisotopic (exact) mass is 333 g/mol. The minimum atomic E-state index is -1.04. The molecule has 2 aromatic rings. The molecule has 0 spiro atoms. The van der Waals surface area contributed by atoms with Crippen molar-refractivity contribution in [2.45, 2.75) is 20.0 Å². The maximum atomic E-state index is 12.5. The van der Waals surface area contributed by atoms with E-state index < -0.39 is 12.1 Å². The standard InChI is InChI=1S/C17H19NO4S/c1-3-18(10-13(19)12-6-4-11(2)5-7-12)16(20)14-8-9-15(23-14)17(21)22/h4-9,13,19H,3,10H2,1-2H3,(H,21,22). The molecular weight excluding hydrogens is 314 g/mol. The molecule has 1 aromatic carbocycles. The molecule has 0 aliphatic carbocycles. The van der Waals surface area contributed by atoms with Crippen molar-refractivity contribution in [1.29, 1.82) is 0 Å². The van der Waals surface area contributed by atoms with Gasteiger partial charge < -0.3 is 15.1 Å². The number of aliphatic hydroxyl groups excluding tert-OH is 1. The van der Waals surface area contributed by atoms with E-state index in [1.807, 2.05) is 38.1 Å². The second kappa shape index (κ2) is 7.39. The van der Waals surface area contributed by atoms with E-state index >= 15 is 0 Å². The number of carboxylic acids is 1. The number of aromatic carboxylic acids is 1. The minimum absolute atomic E-state index is 0.128. The highest BCUT2D eigenvalue weighted by molar-refractivity contribution is 7.15. The Bertz CT molecular complexity index is 693. The Morgan fingerprint density at radius 3 is 2.26 bits per heavy atom. The SMILES string of the molecule is CCN(CC(O)c1ccc(C)cc1)C(=O)c1ccc(C(=O)O)s1. The van der Waals surface area contributed by atoms with Crippen molar-refractivity contribution in [3.63, 3.8) is 0 Å². The second-order valence-corrected chi connectivity index (χ2v) is 6.32. The van der Waals surface area contributed by atoms with Crippen LogP contribution in [0.4, 0.5) is 0 Å². The molecule has 0 saturated carbocycles. The molecule has 6 heteroatoms. The van der Waals surface area contributed by atoms with E-state index in [2.05, 4.69) is 0 Å². The molecule has 2 rings (SSSR count). The van der Waals surface area contributed by atoms with Gasteiger partial charge in [-0.05, 0) is 31.5 Å². The molecule has 0 fully saturated rings. The van der Waals surface area contributed by atoms with Crippen LogP contribution in [-0.2, 0) is 0 Å². The first-order valence-corrected chi connectivity index (χ1v) is 8.11. The fourth-order valence-corrected chi connectivity index (χ4v) is 2.99. The van der Waals surface area contributed by atoms with Crippen LogP contribution >= 0.6 is 11.3 Å². The van der Waals surface area contributed by atoms with Crippen LogP contribution in [0.3, 0.4) is 0 Å². The number of carboxylic acid groups (broad SMARTS) is 1. The van der Waals surface area contributed by atoms with Crippen molar-refractivity contribution in [3.05, 3.63) is 57.3 Å². The van der Waals surface area contributed by atoms with Crippen LogP contribution in [0.5, 0.6) is 0 Å². The fraction of sp³-hybridized carbons (Fsp3) is 0.294. The van der Waals surface area contributed by atoms with Crippen molar-refractivity contribution in [3.8, 4) is 0 Å². The van der Waals surface area contributed by atoms with E-state index in [-0.39, 0.29) is 17.3 Å². The third-order valence-electron chi connectivity index (χ3n) is 3.55. The summed E-state index contributed by atoms with van der Waals surface area (Å²) in [6.45, 7) is 4.39. The zero-order valence-corrected chi connectivity index (χ0v) is 13.8. The Morgan fingerprint density at radius 1 is 1.13 bits per heavy atom. The third kappa shape index (κ3) is 4.18. The highest BCUT2D eigenvalue weighted by atomic mass is 32.1. The third-order valence-corrected chi connectivity index (χ3v) is 4.61. The smallest absolute Gasteiger partial charge is 0.345 e. The molecule has 0 radical (unpaired) electrons. The number of carbonyl (C=O) groups excluding carboxylic acids is 1. The molecule has 1 amide bonds. The molecule has 1 aromatic heterocycles. The number of aliphatic hydroxyl groups is 1. The van der Waals surface area contributed by atoms with Gasteiger partial charge in [0.05, 0.1) is 17.5 Å². The Morgan fingerprint density at radius 2 is 1.74 bits per heavy atom. The number of benzene rings is 1. The quantitative estimate of drug-likeness (QED) is 0.852. The lowest BCUT2D eigenvalue weighted by Gasteiger charge is -2.23. The summed E-state index contributed by atoms with van der Waals surface area (Å²) in [4.78, 5) is 25.4. The predicted octanol–water partition coefficient (Wildman–Crippen LogP) is 2.95. The molecule has 0 bridgehead atoms. The van der Waals surface area contributed by atoms with Crippen LogP contribution in [-0.4, -0.2) is 40.1 Å². The highest BCUT2D eigenvalue weighted by Crippen LogP contribution is 2.21. The first kappa shape index (κ1) is 17.2. The molecular formula is C17H19NO4S. The average molecular weight is 333 g/mol. The van der Waals surface area contributed by atoms with Gasteiger partial charge in [-0.1, -0.05) is 29.8 Å². The van der Waals surface area contributed by atoms with Crippen molar-refractivity contribution in [1.82, 2.24) is 4.90 Å². The van der Waals surface area contributed by atoms with Gasteiger partial charge in [-0.25, -0.2) is 4.79 Å². The number of hydrogen-bond acceptors (Lipinski definition) is 4. The number of hydrogen-bond donors (Lipinski definition) is 2. The number of likely N-dealkylation sites (N-methyl/N-ethyl adjacent to an activating group) is 1. The van der Waals surface area contributed by atoms with Gasteiger partial charge in [0.1, 0.15) is 4.88 Å². The van der Waals surface area contributed by atoms with Crippen molar-refractivity contribution in [2.24, 2.45) is 0 Å². The Labute approximate surface area is 138 Å². The summed E-state index contributed by atoms with van der Waals surface area (Å²) in [6, 6.07) is 10.4. The van der Waals surface area contributed by atoms with Crippen LogP contribution in [0.1, 0.15) is 43.5 Å². The van der Waals surface area contributed by atoms with Crippen LogP contribution in [0.15, 0.2) is 36.4 Å². The zero-order valence-electron chi connectivity index (χ0n) is 13.0. The lowest BCUT2D eigenvalue weighted by atomic mass is 10.1. The minimum Gasteiger partial charge on any atom is -0.477 e. The van der Waals surface area contributed by atoms with Crippen LogP contribution in [0.2, 0.25) is 0 Å². The Hall–Kier alpha value is -2.18. The zero-order chi connectivity index (χ0) is 17.0. The molecule has 0 aliphatic heterocycles. The van der Waals surface area contributed by atoms with Crippen molar-refractivity contribution >= 4 is 23.2 Å². The molecule has 1 heterocycles. The maximum Gasteiger partial charge on any atom is 0.345 e. The largest absolute Gasteiger partial charge is 0.477 e. The van der Waals surface area contributed by atoms with E-state index in [0.717, 1.165) is 22.5 Å². The highest BCUT2D eigenvalue weighted by Gasteiger charge is 2.21. The van der Waals surface area contributed by atoms with E-state index in [1.165, 1.54) is 17.0 Å². The summed E-state index contributed by atoms with van der Waals surface area (Å²) in [5.74, 6) is -1.31. The van der Waals surface area contributed by atoms with Gasteiger partial charge >= 0.3 is 5.97 Å². The first-order chi connectivity index (χ1) is 10.9. The van der Waals surface area contributed by atoms with Crippen molar-refractivity contribution < 1.29 is 19.8 Å². The van der Waals surface area contributed by atoms with E-state index in [0.29, 0.717) is 11.4 Å². The summed E-state index contributed by atoms with van der Waals surface area (Å²) in [5, 5.41) is 19.3. The van der Waals surface area contributed by atoms with Gasteiger partial charge in [-0.3, -0.25) is 4.79 Å². The molecule has 5 nitrogen and oxygen atoms in total. The topological polar surface area (TPSA) is 77.8 Å². The summed E-state index contributed by atoms with van der Waals surface area (Å²) >= 11 is 0.945. The fourth-order valence-electron chi connectivity index (χ4n) is 2.18. The van der Waals surface area contributed by atoms with E-state index in [9.17, 15) is 14.7 Å². The number of nitrogens with zero attached hydrogens (tertiary/aromatic N) is 1. The van der Waals surface area contributed by atoms with Gasteiger partial charge in [0, 0.05) is 6.54 Å². The summed E-state index contributed by atoms with van der Waals surface area (Å²) in [7, 11) is 0. The Balaban J connectivity index is 2.10. The first-order valence-electron chi connectivity index (χ1n) is 7.29. The van der Waals surface area contributed by atoms with Gasteiger partial charge in [-0.15, -0.1) is 11.3 Å². The average Bonchev–Trinajstić information content (AvgIpc) is 3.02. The number of carbonyl (C=O) groups is 2. The molecule has 2 N–H and O–H groups in total. The molecule has 1 atom stereocenters. The molecule has 0 aliphatic rings. The van der Waals surface area contributed by atoms with Crippen LogP contribution < -0.4 is 0 Å². The van der Waals surface area contributed by atoms with Crippen LogP contribution in [0, 0.1) is 6.92 Å². The number of thiophene rings is 1. The summed E-state index contributed by atoms with van der Waals surface area (Å²) in [6.07, 6.45) is -0.779. The lowest BCUT2D eigenvalue weighted by Crippen LogP contribution is -2.34. The molecule has 23 heavy (non-hydrogen) atoms. The van der Waals surface area contributed by atoms with Gasteiger partial charge in [0.15, 0.2) is 0 Å². The van der Waals surface area contributed by atoms with Crippen molar-refractivity contribution in [2.75, 3.05) is 13.1 Å². The molecule has 122 valence electrons. The van der Waals surface area contributed by atoms with E-state index in [4.69, 9.17) is 5.11 Å². The van der Waals surface area contributed by atoms with Gasteiger partial charge in [0.2, 0.25) is 0 Å². The normalized spacial score (nSPS) is 12.0. The molecule has 0 saturated heterocycles. The Kier molecular flexibility index (Phi) is 5.52. The van der Waals surface area contributed by atoms with Gasteiger partial charge in [0.25, 0.3) is 5.91 Å². The van der Waals surface area contributed by atoms with E-state index in [1.54, 1.807) is 0 Å². The number of aryl methyl sites for hydroxylation is 1. The number of amides is 1. The maximum absolute atomic E-state index is 12.5. The predicted molar refractivity (Wildman–Crippen MR) is 89.0 cm³/mol.